The van der Waals surface area contributed by atoms with Crippen LogP contribution >= 0.6 is 0 Å². The van der Waals surface area contributed by atoms with Crippen LogP contribution in [-0.2, 0) is 9.84 Å². The Morgan fingerprint density at radius 3 is 2.29 bits per heavy atom. The van der Waals surface area contributed by atoms with Crippen LogP contribution in [0.5, 0.6) is 0 Å². The lowest BCUT2D eigenvalue weighted by Gasteiger charge is -2.10. The van der Waals surface area contributed by atoms with E-state index in [1.165, 1.54) is 5.56 Å². The van der Waals surface area contributed by atoms with Crippen molar-refractivity contribution in [3.05, 3.63) is 29.8 Å². The molecule has 0 radical (unpaired) electrons. The maximum atomic E-state index is 11.9. The topological polar surface area (TPSA) is 46.2 Å². The summed E-state index contributed by atoms with van der Waals surface area (Å²) in [7, 11) is -1.38. The molecule has 0 saturated heterocycles. The molecule has 0 amide bonds. The molecule has 0 aliphatic rings. The average Bonchev–Trinajstić information content (AvgIpc) is 2.35. The Bertz CT molecular complexity index is 437. The van der Waals surface area contributed by atoms with E-state index in [1.807, 2.05) is 12.1 Å². The number of rotatable bonds is 6. The molecule has 1 N–H and O–H groups in total. The van der Waals surface area contributed by atoms with Crippen molar-refractivity contribution in [1.82, 2.24) is 5.32 Å². The zero-order valence-electron chi connectivity index (χ0n) is 10.7. The van der Waals surface area contributed by atoms with Crippen LogP contribution in [0.3, 0.4) is 0 Å². The third-order valence-electron chi connectivity index (χ3n) is 3.04. The summed E-state index contributed by atoms with van der Waals surface area (Å²) in [6.07, 6.45) is 1.06. The first-order valence-electron chi connectivity index (χ1n) is 5.98. The van der Waals surface area contributed by atoms with Gasteiger partial charge in [0.2, 0.25) is 0 Å². The molecule has 1 unspecified atom stereocenters. The van der Waals surface area contributed by atoms with Gasteiger partial charge in [0, 0.05) is 6.54 Å². The minimum Gasteiger partial charge on any atom is -0.319 e. The van der Waals surface area contributed by atoms with Gasteiger partial charge in [-0.05, 0) is 37.1 Å². The van der Waals surface area contributed by atoms with Crippen LogP contribution in [-0.4, -0.2) is 27.8 Å². The Hall–Kier alpha value is -0.870. The molecule has 96 valence electrons. The number of hydrogen-bond donors (Lipinski definition) is 1. The van der Waals surface area contributed by atoms with E-state index in [1.54, 1.807) is 19.2 Å². The third kappa shape index (κ3) is 3.82. The SMILES string of the molecule is CCC(C)c1ccc(S(=O)(=O)CCNC)cc1. The van der Waals surface area contributed by atoms with Crippen LogP contribution in [0.1, 0.15) is 31.7 Å². The molecule has 0 heterocycles. The van der Waals surface area contributed by atoms with E-state index in [4.69, 9.17) is 0 Å². The highest BCUT2D eigenvalue weighted by molar-refractivity contribution is 7.91. The molecule has 0 fully saturated rings. The summed E-state index contributed by atoms with van der Waals surface area (Å²) in [5.74, 6) is 0.621. The van der Waals surface area contributed by atoms with Gasteiger partial charge < -0.3 is 5.32 Å². The smallest absolute Gasteiger partial charge is 0.179 e. The van der Waals surface area contributed by atoms with Crippen LogP contribution in [0, 0.1) is 0 Å². The first-order valence-corrected chi connectivity index (χ1v) is 7.63. The van der Waals surface area contributed by atoms with Crippen molar-refractivity contribution < 1.29 is 8.42 Å². The lowest BCUT2D eigenvalue weighted by atomic mass is 9.99. The summed E-state index contributed by atoms with van der Waals surface area (Å²) >= 11 is 0. The Balaban J connectivity index is 2.87. The van der Waals surface area contributed by atoms with Gasteiger partial charge in [-0.25, -0.2) is 8.42 Å². The Morgan fingerprint density at radius 1 is 1.24 bits per heavy atom. The normalized spacial score (nSPS) is 13.6. The molecule has 3 nitrogen and oxygen atoms in total. The lowest BCUT2D eigenvalue weighted by molar-refractivity contribution is 0.593. The molecule has 0 bridgehead atoms. The van der Waals surface area contributed by atoms with Crippen molar-refractivity contribution in [2.24, 2.45) is 0 Å². The van der Waals surface area contributed by atoms with Crippen LogP contribution < -0.4 is 5.32 Å². The van der Waals surface area contributed by atoms with Crippen molar-refractivity contribution in [3.8, 4) is 0 Å². The second-order valence-corrected chi connectivity index (χ2v) is 6.41. The van der Waals surface area contributed by atoms with Gasteiger partial charge in [-0.15, -0.1) is 0 Å². The number of nitrogens with one attached hydrogen (secondary N) is 1. The molecular formula is C13H21NO2S. The molecule has 1 rings (SSSR count). The summed E-state index contributed by atoms with van der Waals surface area (Å²) < 4.78 is 23.8. The van der Waals surface area contributed by atoms with Crippen molar-refractivity contribution in [3.63, 3.8) is 0 Å². The zero-order valence-corrected chi connectivity index (χ0v) is 11.5. The molecule has 0 spiro atoms. The molecule has 4 heteroatoms. The highest BCUT2D eigenvalue weighted by Gasteiger charge is 2.13. The highest BCUT2D eigenvalue weighted by atomic mass is 32.2. The Morgan fingerprint density at radius 2 is 1.82 bits per heavy atom. The third-order valence-corrected chi connectivity index (χ3v) is 4.77. The molecule has 0 saturated carbocycles. The van der Waals surface area contributed by atoms with Gasteiger partial charge in [0.05, 0.1) is 10.6 Å². The van der Waals surface area contributed by atoms with E-state index in [-0.39, 0.29) is 5.75 Å². The van der Waals surface area contributed by atoms with E-state index >= 15 is 0 Å². The first kappa shape index (κ1) is 14.2. The Labute approximate surface area is 104 Å². The monoisotopic (exact) mass is 255 g/mol. The molecule has 1 atom stereocenters. The second-order valence-electron chi connectivity index (χ2n) is 4.30. The highest BCUT2D eigenvalue weighted by Crippen LogP contribution is 2.20. The molecule has 0 aromatic heterocycles. The number of sulfone groups is 1. The van der Waals surface area contributed by atoms with Crippen LogP contribution in [0.15, 0.2) is 29.2 Å². The maximum absolute atomic E-state index is 11.9. The van der Waals surface area contributed by atoms with Gasteiger partial charge in [0.1, 0.15) is 0 Å². The minimum atomic E-state index is -3.13. The fourth-order valence-corrected chi connectivity index (χ4v) is 2.85. The van der Waals surface area contributed by atoms with E-state index in [2.05, 4.69) is 19.2 Å². The maximum Gasteiger partial charge on any atom is 0.179 e. The number of hydrogen-bond acceptors (Lipinski definition) is 3. The molecule has 0 aliphatic carbocycles. The van der Waals surface area contributed by atoms with E-state index in [9.17, 15) is 8.42 Å². The van der Waals surface area contributed by atoms with Crippen molar-refractivity contribution >= 4 is 9.84 Å². The minimum absolute atomic E-state index is 0.145. The second kappa shape index (κ2) is 6.17. The van der Waals surface area contributed by atoms with E-state index in [0.29, 0.717) is 17.4 Å². The largest absolute Gasteiger partial charge is 0.319 e. The van der Waals surface area contributed by atoms with Gasteiger partial charge in [0.15, 0.2) is 9.84 Å². The lowest BCUT2D eigenvalue weighted by Crippen LogP contribution is -2.19. The summed E-state index contributed by atoms with van der Waals surface area (Å²) in [5.41, 5.74) is 1.19. The van der Waals surface area contributed by atoms with Crippen LogP contribution in [0.4, 0.5) is 0 Å². The molecule has 0 aliphatic heterocycles. The van der Waals surface area contributed by atoms with Gasteiger partial charge >= 0.3 is 0 Å². The molecule has 17 heavy (non-hydrogen) atoms. The van der Waals surface area contributed by atoms with E-state index in [0.717, 1.165) is 6.42 Å². The van der Waals surface area contributed by atoms with Crippen molar-refractivity contribution in [1.29, 1.82) is 0 Å². The summed E-state index contributed by atoms with van der Waals surface area (Å²) in [6.45, 7) is 4.75. The zero-order chi connectivity index (χ0) is 12.9. The number of benzene rings is 1. The fraction of sp³-hybridized carbons (Fsp3) is 0.538. The predicted octanol–water partition coefficient (Wildman–Crippen LogP) is 2.19. The van der Waals surface area contributed by atoms with Crippen LogP contribution in [0.25, 0.3) is 0 Å². The van der Waals surface area contributed by atoms with E-state index < -0.39 is 9.84 Å². The quantitative estimate of drug-likeness (QED) is 0.847. The van der Waals surface area contributed by atoms with Gasteiger partial charge in [-0.1, -0.05) is 26.0 Å². The standard InChI is InChI=1S/C13H21NO2S/c1-4-11(2)12-5-7-13(8-6-12)17(15,16)10-9-14-3/h5-8,11,14H,4,9-10H2,1-3H3. The predicted molar refractivity (Wildman–Crippen MR) is 71.1 cm³/mol. The summed E-state index contributed by atoms with van der Waals surface area (Å²) in [4.78, 5) is 0.416. The fourth-order valence-electron chi connectivity index (χ4n) is 1.59. The van der Waals surface area contributed by atoms with Crippen molar-refractivity contribution in [2.45, 2.75) is 31.1 Å². The summed E-state index contributed by atoms with van der Waals surface area (Å²) in [6, 6.07) is 7.26. The first-order chi connectivity index (χ1) is 8.01. The Kier molecular flexibility index (Phi) is 5.15. The van der Waals surface area contributed by atoms with Gasteiger partial charge in [0.25, 0.3) is 0 Å². The summed E-state index contributed by atoms with van der Waals surface area (Å²) in [5, 5.41) is 2.85. The molecule has 1 aromatic carbocycles. The van der Waals surface area contributed by atoms with Crippen LogP contribution in [0.2, 0.25) is 0 Å². The molecule has 1 aromatic rings. The van der Waals surface area contributed by atoms with Crippen molar-refractivity contribution in [2.75, 3.05) is 19.3 Å². The van der Waals surface area contributed by atoms with Gasteiger partial charge in [-0.3, -0.25) is 0 Å². The van der Waals surface area contributed by atoms with Gasteiger partial charge in [-0.2, -0.15) is 0 Å². The molecular weight excluding hydrogens is 234 g/mol. The average molecular weight is 255 g/mol.